The fraction of sp³-hybridized carbons (Fsp3) is 0.562. The average Bonchev–Trinajstić information content (AvgIpc) is 3.27. The highest BCUT2D eigenvalue weighted by Gasteiger charge is 2.28. The molecule has 4 rings (SSSR count). The van der Waals surface area contributed by atoms with E-state index in [1.165, 1.54) is 32.3 Å². The molecule has 23 heavy (non-hydrogen) atoms. The van der Waals surface area contributed by atoms with Crippen LogP contribution in [0.15, 0.2) is 24.7 Å². The molecular formula is C16H22N6O. The molecule has 2 aliphatic rings. The zero-order valence-electron chi connectivity index (χ0n) is 13.2. The van der Waals surface area contributed by atoms with Crippen LogP contribution in [0.4, 0.5) is 10.5 Å². The van der Waals surface area contributed by atoms with Gasteiger partial charge in [-0.05, 0) is 50.9 Å². The number of aromatic nitrogens is 3. The van der Waals surface area contributed by atoms with Crippen LogP contribution in [0.1, 0.15) is 25.7 Å². The summed E-state index contributed by atoms with van der Waals surface area (Å²) >= 11 is 0. The van der Waals surface area contributed by atoms with Crippen LogP contribution in [-0.2, 0) is 0 Å². The van der Waals surface area contributed by atoms with E-state index in [4.69, 9.17) is 0 Å². The minimum atomic E-state index is -0.0408. The molecule has 2 aromatic heterocycles. The Morgan fingerprint density at radius 2 is 1.96 bits per heavy atom. The zero-order chi connectivity index (χ0) is 15.6. The lowest BCUT2D eigenvalue weighted by Gasteiger charge is -2.36. The molecule has 0 unspecified atom stereocenters. The van der Waals surface area contributed by atoms with Gasteiger partial charge in [0.2, 0.25) is 0 Å². The van der Waals surface area contributed by atoms with Gasteiger partial charge in [-0.1, -0.05) is 0 Å². The number of carbonyl (C=O) groups excluding carboxylic acids is 1. The van der Waals surface area contributed by atoms with Crippen LogP contribution >= 0.6 is 0 Å². The second kappa shape index (κ2) is 6.16. The van der Waals surface area contributed by atoms with E-state index < -0.39 is 0 Å². The van der Waals surface area contributed by atoms with Crippen molar-refractivity contribution in [2.75, 3.05) is 31.5 Å². The number of pyridine rings is 1. The van der Waals surface area contributed by atoms with E-state index >= 15 is 0 Å². The average molecular weight is 314 g/mol. The maximum atomic E-state index is 12.5. The first kappa shape index (κ1) is 14.4. The Hall–Kier alpha value is -2.15. The summed E-state index contributed by atoms with van der Waals surface area (Å²) in [6.45, 7) is 4.10. The molecule has 0 atom stereocenters. The van der Waals surface area contributed by atoms with Crippen LogP contribution in [-0.4, -0.2) is 62.6 Å². The van der Waals surface area contributed by atoms with Gasteiger partial charge in [-0.3, -0.25) is 0 Å². The predicted octanol–water partition coefficient (Wildman–Crippen LogP) is 1.82. The Bertz CT molecular complexity index is 685. The maximum absolute atomic E-state index is 12.5. The van der Waals surface area contributed by atoms with Gasteiger partial charge >= 0.3 is 6.03 Å². The van der Waals surface area contributed by atoms with E-state index in [1.54, 1.807) is 4.52 Å². The van der Waals surface area contributed by atoms with Crippen LogP contribution in [0.25, 0.3) is 5.65 Å². The molecule has 2 fully saturated rings. The first-order valence-corrected chi connectivity index (χ1v) is 8.39. The van der Waals surface area contributed by atoms with Crippen molar-refractivity contribution in [3.63, 3.8) is 0 Å². The quantitative estimate of drug-likeness (QED) is 0.918. The van der Waals surface area contributed by atoms with Crippen LogP contribution < -0.4 is 5.32 Å². The minimum Gasteiger partial charge on any atom is -0.324 e. The summed E-state index contributed by atoms with van der Waals surface area (Å²) in [6.07, 6.45) is 8.10. The molecule has 2 aliphatic heterocycles. The molecule has 0 aromatic carbocycles. The predicted molar refractivity (Wildman–Crippen MR) is 87.4 cm³/mol. The Labute approximate surface area is 135 Å². The van der Waals surface area contributed by atoms with E-state index in [0.717, 1.165) is 25.9 Å². The summed E-state index contributed by atoms with van der Waals surface area (Å²) in [5, 5.41) is 7.06. The first-order chi connectivity index (χ1) is 11.3. The SMILES string of the molecule is O=C(Nc1cccn2ncnc12)N1CCC(N2CCCC2)CC1. The van der Waals surface area contributed by atoms with E-state index in [9.17, 15) is 4.79 Å². The molecule has 0 saturated carbocycles. The molecular weight excluding hydrogens is 292 g/mol. The lowest BCUT2D eigenvalue weighted by atomic mass is 10.0. The summed E-state index contributed by atoms with van der Waals surface area (Å²) in [4.78, 5) is 21.2. The van der Waals surface area contributed by atoms with Gasteiger partial charge in [0.25, 0.3) is 0 Å². The number of urea groups is 1. The summed E-state index contributed by atoms with van der Waals surface area (Å²) in [5.74, 6) is 0. The lowest BCUT2D eigenvalue weighted by Crippen LogP contribution is -2.47. The van der Waals surface area contributed by atoms with E-state index in [0.29, 0.717) is 17.4 Å². The molecule has 1 N–H and O–H groups in total. The molecule has 122 valence electrons. The van der Waals surface area contributed by atoms with E-state index in [-0.39, 0.29) is 6.03 Å². The van der Waals surface area contributed by atoms with Crippen molar-refractivity contribution in [3.05, 3.63) is 24.7 Å². The zero-order valence-corrected chi connectivity index (χ0v) is 13.2. The van der Waals surface area contributed by atoms with E-state index in [1.807, 2.05) is 23.2 Å². The van der Waals surface area contributed by atoms with Crippen molar-refractivity contribution >= 4 is 17.4 Å². The lowest BCUT2D eigenvalue weighted by molar-refractivity contribution is 0.140. The topological polar surface area (TPSA) is 65.8 Å². The van der Waals surface area contributed by atoms with Crippen molar-refractivity contribution in [1.29, 1.82) is 0 Å². The summed E-state index contributed by atoms with van der Waals surface area (Å²) in [5.41, 5.74) is 1.38. The highest BCUT2D eigenvalue weighted by atomic mass is 16.2. The van der Waals surface area contributed by atoms with Gasteiger partial charge in [0.05, 0.1) is 5.69 Å². The van der Waals surface area contributed by atoms with Crippen molar-refractivity contribution in [1.82, 2.24) is 24.4 Å². The van der Waals surface area contributed by atoms with Gasteiger partial charge in [0.15, 0.2) is 5.65 Å². The van der Waals surface area contributed by atoms with Crippen molar-refractivity contribution in [3.8, 4) is 0 Å². The number of carbonyl (C=O) groups is 1. The molecule has 0 bridgehead atoms. The van der Waals surface area contributed by atoms with Crippen molar-refractivity contribution in [2.24, 2.45) is 0 Å². The van der Waals surface area contributed by atoms with E-state index in [2.05, 4.69) is 20.3 Å². The molecule has 7 nitrogen and oxygen atoms in total. The summed E-state index contributed by atoms with van der Waals surface area (Å²) in [7, 11) is 0. The van der Waals surface area contributed by atoms with Gasteiger partial charge in [0.1, 0.15) is 6.33 Å². The fourth-order valence-electron chi connectivity index (χ4n) is 3.68. The number of likely N-dealkylation sites (tertiary alicyclic amines) is 2. The second-order valence-corrected chi connectivity index (χ2v) is 6.34. The minimum absolute atomic E-state index is 0.0408. The third kappa shape index (κ3) is 2.88. The number of rotatable bonds is 2. The number of piperidine rings is 1. The highest BCUT2D eigenvalue weighted by Crippen LogP contribution is 2.22. The van der Waals surface area contributed by atoms with Gasteiger partial charge in [-0.25, -0.2) is 14.3 Å². The van der Waals surface area contributed by atoms with Crippen LogP contribution in [0.2, 0.25) is 0 Å². The van der Waals surface area contributed by atoms with Crippen LogP contribution in [0.3, 0.4) is 0 Å². The number of anilines is 1. The maximum Gasteiger partial charge on any atom is 0.321 e. The molecule has 0 spiro atoms. The largest absolute Gasteiger partial charge is 0.324 e. The Balaban J connectivity index is 1.37. The van der Waals surface area contributed by atoms with Gasteiger partial charge in [-0.15, -0.1) is 0 Å². The van der Waals surface area contributed by atoms with Gasteiger partial charge in [0, 0.05) is 25.3 Å². The smallest absolute Gasteiger partial charge is 0.321 e. The van der Waals surface area contributed by atoms with Crippen molar-refractivity contribution < 1.29 is 4.79 Å². The highest BCUT2D eigenvalue weighted by molar-refractivity contribution is 5.93. The molecule has 2 amide bonds. The first-order valence-electron chi connectivity index (χ1n) is 8.39. The van der Waals surface area contributed by atoms with Crippen LogP contribution in [0, 0.1) is 0 Å². The Morgan fingerprint density at radius 1 is 1.17 bits per heavy atom. The van der Waals surface area contributed by atoms with Crippen LogP contribution in [0.5, 0.6) is 0 Å². The number of fused-ring (bicyclic) bond motifs is 1. The summed E-state index contributed by atoms with van der Waals surface area (Å²) in [6, 6.07) is 4.33. The Morgan fingerprint density at radius 3 is 2.74 bits per heavy atom. The Kier molecular flexibility index (Phi) is 3.87. The molecule has 2 saturated heterocycles. The molecule has 0 radical (unpaired) electrons. The number of amides is 2. The fourth-order valence-corrected chi connectivity index (χ4v) is 3.68. The number of nitrogens with zero attached hydrogens (tertiary/aromatic N) is 5. The number of nitrogens with one attached hydrogen (secondary N) is 1. The normalized spacial score (nSPS) is 20.3. The van der Waals surface area contributed by atoms with Gasteiger partial charge in [-0.2, -0.15) is 5.10 Å². The number of hydrogen-bond acceptors (Lipinski definition) is 4. The third-order valence-corrected chi connectivity index (χ3v) is 4.95. The molecule has 7 heteroatoms. The summed E-state index contributed by atoms with van der Waals surface area (Å²) < 4.78 is 1.66. The third-order valence-electron chi connectivity index (χ3n) is 4.95. The molecule has 2 aromatic rings. The second-order valence-electron chi connectivity index (χ2n) is 6.34. The van der Waals surface area contributed by atoms with Crippen molar-refractivity contribution in [2.45, 2.75) is 31.7 Å². The number of hydrogen-bond donors (Lipinski definition) is 1. The molecule has 0 aliphatic carbocycles. The van der Waals surface area contributed by atoms with Gasteiger partial charge < -0.3 is 15.1 Å². The molecule has 4 heterocycles. The standard InChI is InChI=1S/C16H22N6O/c23-16(19-14-4-3-9-22-15(14)17-12-18-22)21-10-5-13(6-11-21)20-7-1-2-8-20/h3-4,9,12-13H,1-2,5-8,10-11H2,(H,19,23). The monoisotopic (exact) mass is 314 g/mol.